The van der Waals surface area contributed by atoms with Gasteiger partial charge >= 0.3 is 0 Å². The zero-order valence-corrected chi connectivity index (χ0v) is 74.6. The van der Waals surface area contributed by atoms with E-state index in [9.17, 15) is 50.7 Å². The zero-order chi connectivity index (χ0) is 86.5. The Morgan fingerprint density at radius 3 is 1.29 bits per heavy atom. The number of nitrogens with zero attached hydrogens (tertiary/aromatic N) is 8. The molecule has 6 amide bonds. The van der Waals surface area contributed by atoms with Crippen LogP contribution in [0.1, 0.15) is 234 Å². The number of likely N-dealkylation sites (N-methyl/N-ethyl adjacent to an activating group) is 1. The monoisotopic (exact) mass is 1680 g/mol. The number of aryl methyl sites for hydroxylation is 2. The van der Waals surface area contributed by atoms with Gasteiger partial charge in [-0.3, -0.25) is 43.5 Å². The number of hydrogen-bond acceptors (Lipinski definition) is 9. The highest BCUT2D eigenvalue weighted by molar-refractivity contribution is 6.30. The van der Waals surface area contributed by atoms with E-state index in [1.165, 1.54) is 89.0 Å². The van der Waals surface area contributed by atoms with Crippen LogP contribution in [0.15, 0.2) is 84.9 Å². The van der Waals surface area contributed by atoms with E-state index in [2.05, 4.69) is 133 Å². The van der Waals surface area contributed by atoms with Crippen molar-refractivity contribution in [1.29, 1.82) is 0 Å². The van der Waals surface area contributed by atoms with Gasteiger partial charge in [-0.2, -0.15) is 0 Å². The van der Waals surface area contributed by atoms with Crippen molar-refractivity contribution in [3.8, 4) is 0 Å². The van der Waals surface area contributed by atoms with Crippen molar-refractivity contribution in [2.45, 2.75) is 257 Å². The summed E-state index contributed by atoms with van der Waals surface area (Å²) in [6.45, 7) is 36.2. The summed E-state index contributed by atoms with van der Waals surface area (Å²) in [6, 6.07) is 22.1. The van der Waals surface area contributed by atoms with Crippen molar-refractivity contribution in [2.24, 2.45) is 46.8 Å². The molecular weight excluding hydrogens is 1550 g/mol. The van der Waals surface area contributed by atoms with Gasteiger partial charge in [0.1, 0.15) is 34.9 Å². The molecule has 6 heterocycles. The predicted molar refractivity (Wildman–Crippen MR) is 458 cm³/mol. The molecule has 3 unspecified atom stereocenters. The van der Waals surface area contributed by atoms with Crippen molar-refractivity contribution >= 4 is 47.0 Å². The molecule has 0 radical (unpaired) electrons. The van der Waals surface area contributed by atoms with Crippen LogP contribution in [0.25, 0.3) is 0 Å². The van der Waals surface area contributed by atoms with Gasteiger partial charge in [0.05, 0.1) is 17.8 Å². The highest BCUT2D eigenvalue weighted by Crippen LogP contribution is 2.61. The number of benzene rings is 5. The number of hydrogen-bond donors (Lipinski definition) is 1. The molecule has 5 aromatic rings. The van der Waals surface area contributed by atoms with E-state index in [0.717, 1.165) is 95.2 Å². The number of fused-ring (bicyclic) bond motifs is 6. The molecule has 0 aromatic heterocycles. The molecule has 5 aromatic carbocycles. The van der Waals surface area contributed by atoms with Gasteiger partial charge in [-0.25, -0.2) is 26.3 Å². The average molecular weight is 1680 g/mol. The standard InChI is InChI=1S/C35H47F2N3O2.C33H40ClF2N3O2.C30H43F2N3O2/c1-21(2)40(24(5)41)32-17-25-15-22(3)23(4)16-30(25)35(32)11-13-38(14-12-35)33(42)29-20-39(34(6,7)8)19-28(29)27-10-9-26(36)18-31(27)37;1-32(2,3)39-18-25(24-9-8-23(35)17-28(24)36)26(19-39)31(41)38-13-11-33(12-14-38)27-10-7-22(34)15-21(27)16-29(33)37(4)30(40)20-5-6-20;1-29(2,3)35-17-23(21-10-9-19(31)15-26(21)32)24(18-35)28(37)34-13-11-30(12-14-34)16-22(27(36)33-4)20-7-5-6-8-25(20)30/h9-10,15-16,18,21,28-29,32H,11-14,17,19-20H2,1-8H3;7-10,15,17,20,25-26,29H,5-6,11-14,16,18-19H2,1-4H3;9-10,15,20,22-25H,5-8,11-14,16-18H2,1-4H3,(H,33,36)/t28-,29+,32+;25-,26?,29+;20?,22-,23-,24+,25?/m000/s1. The van der Waals surface area contributed by atoms with Crippen LogP contribution in [0.5, 0.6) is 0 Å². The fourth-order valence-corrected chi connectivity index (χ4v) is 24.4. The summed E-state index contributed by atoms with van der Waals surface area (Å²) in [6.07, 6.45) is 14.2. The van der Waals surface area contributed by atoms with E-state index >= 15 is 4.39 Å². The Morgan fingerprint density at radius 2 is 0.892 bits per heavy atom. The Balaban J connectivity index is 0.000000148. The van der Waals surface area contributed by atoms with Crippen molar-refractivity contribution in [1.82, 2.24) is 44.5 Å². The fourth-order valence-electron chi connectivity index (χ4n) is 24.2. The maximum Gasteiger partial charge on any atom is 0.227 e. The molecule has 11 aliphatic rings. The second-order valence-electron chi connectivity index (χ2n) is 41.1. The lowest BCUT2D eigenvalue weighted by molar-refractivity contribution is -0.140. The van der Waals surface area contributed by atoms with Gasteiger partial charge in [-0.05, 0) is 271 Å². The van der Waals surface area contributed by atoms with E-state index in [-0.39, 0.29) is 122 Å². The van der Waals surface area contributed by atoms with E-state index < -0.39 is 46.7 Å². The van der Waals surface area contributed by atoms with Crippen molar-refractivity contribution in [3.05, 3.63) is 175 Å². The molecule has 652 valence electrons. The first kappa shape index (κ1) is 89.0. The Labute approximate surface area is 713 Å². The quantitative estimate of drug-likeness (QED) is 0.128. The predicted octanol–water partition coefficient (Wildman–Crippen LogP) is 16.9. The highest BCUT2D eigenvalue weighted by Gasteiger charge is 2.60. The normalized spacial score (nSPS) is 27.1. The van der Waals surface area contributed by atoms with Gasteiger partial charge in [0.25, 0.3) is 0 Å². The van der Waals surface area contributed by atoms with Crippen LogP contribution >= 0.6 is 11.6 Å². The summed E-state index contributed by atoms with van der Waals surface area (Å²) in [5, 5.41) is 3.61. The topological polar surface area (TPSA) is 140 Å². The van der Waals surface area contributed by atoms with E-state index in [4.69, 9.17) is 11.6 Å². The smallest absolute Gasteiger partial charge is 0.227 e. The molecule has 1 N–H and O–H groups in total. The van der Waals surface area contributed by atoms with Crippen molar-refractivity contribution in [2.75, 3.05) is 92.6 Å². The molecule has 11 atom stereocenters. The van der Waals surface area contributed by atoms with Gasteiger partial charge in [-0.15, -0.1) is 0 Å². The number of halogens is 7. The van der Waals surface area contributed by atoms with Gasteiger partial charge in [0, 0.05) is 198 Å². The third-order valence-electron chi connectivity index (χ3n) is 31.1. The van der Waals surface area contributed by atoms with E-state index in [1.54, 1.807) is 14.0 Å². The number of carbonyl (C=O) groups excluding carboxylic acids is 6. The van der Waals surface area contributed by atoms with Gasteiger partial charge in [0.2, 0.25) is 35.4 Å². The van der Waals surface area contributed by atoms with Crippen LogP contribution < -0.4 is 5.32 Å². The largest absolute Gasteiger partial charge is 0.359 e. The third-order valence-corrected chi connectivity index (χ3v) is 31.4. The molecule has 3 spiro atoms. The van der Waals surface area contributed by atoms with Crippen LogP contribution in [0.4, 0.5) is 26.3 Å². The highest BCUT2D eigenvalue weighted by atomic mass is 35.5. The second kappa shape index (κ2) is 34.3. The summed E-state index contributed by atoms with van der Waals surface area (Å²) in [5.41, 5.74) is 8.07. The molecule has 0 bridgehead atoms. The molecular formula is C98H130ClF6N9O6. The molecule has 16 rings (SSSR count). The first-order valence-electron chi connectivity index (χ1n) is 44.7. The number of piperidine rings is 3. The minimum absolute atomic E-state index is 0.0326. The third kappa shape index (κ3) is 17.3. The molecule has 3 saturated carbocycles. The molecule has 9 fully saturated rings. The SMILES string of the molecule is CC(=O)N(C(C)C)[C@@H]1Cc2cc(C)c(C)cc2C12CCN(C(=O)[C@@H]1CN(C(C)(C)C)C[C@H]1c1ccc(F)cc1F)CC2.CN(C(=O)C1CC1)[C@@H]1Cc2cc(Cl)ccc2C12CCN(C(=O)C1CN(C(C)(C)C)C[C@H]1c1ccc(F)cc1F)CC2.CNC(=O)[C@H]1CC2(CCN(C(=O)[C@@H]3CN(C(C)(C)C)C[C@H]3c3ccc(F)cc3F)CC2)C2CCCCC21. The van der Waals surface area contributed by atoms with Gasteiger partial charge in [-0.1, -0.05) is 60.8 Å². The molecule has 5 aliphatic carbocycles. The second-order valence-corrected chi connectivity index (χ2v) is 41.5. The Bertz CT molecular complexity index is 4680. The van der Waals surface area contributed by atoms with Crippen LogP contribution in [0.3, 0.4) is 0 Å². The summed E-state index contributed by atoms with van der Waals surface area (Å²) in [4.78, 5) is 98.0. The molecule has 22 heteroatoms. The minimum atomic E-state index is -0.612. The Morgan fingerprint density at radius 1 is 0.492 bits per heavy atom. The molecule has 120 heavy (non-hydrogen) atoms. The van der Waals surface area contributed by atoms with E-state index in [1.807, 2.05) is 38.8 Å². The Kier molecular flexibility index (Phi) is 25.4. The molecule has 6 aliphatic heterocycles. The van der Waals surface area contributed by atoms with Crippen molar-refractivity contribution < 1.29 is 55.1 Å². The average Bonchev–Trinajstić information content (AvgIpc) is 1.56. The lowest BCUT2D eigenvalue weighted by atomic mass is 9.65. The zero-order valence-electron chi connectivity index (χ0n) is 73.9. The van der Waals surface area contributed by atoms with Gasteiger partial charge in [0.15, 0.2) is 0 Å². The molecule has 15 nitrogen and oxygen atoms in total. The van der Waals surface area contributed by atoms with Crippen molar-refractivity contribution in [3.63, 3.8) is 0 Å². The minimum Gasteiger partial charge on any atom is -0.359 e. The number of nitrogens with one attached hydrogen (secondary N) is 1. The van der Waals surface area contributed by atoms with Crippen LogP contribution in [0, 0.1) is 95.6 Å². The lowest BCUT2D eigenvalue weighted by Gasteiger charge is -2.49. The molecule has 6 saturated heterocycles. The summed E-state index contributed by atoms with van der Waals surface area (Å²) in [5.74, 6) is -3.73. The summed E-state index contributed by atoms with van der Waals surface area (Å²) >= 11 is 6.38. The number of likely N-dealkylation sites (tertiary alicyclic amines) is 6. The number of rotatable bonds is 11. The maximum atomic E-state index is 15.0. The van der Waals surface area contributed by atoms with Crippen LogP contribution in [0.2, 0.25) is 5.02 Å². The van der Waals surface area contributed by atoms with Crippen LogP contribution in [-0.4, -0.2) is 202 Å². The first-order valence-corrected chi connectivity index (χ1v) is 45.1. The summed E-state index contributed by atoms with van der Waals surface area (Å²) in [7, 11) is 3.69. The fraction of sp³-hybridized carbons (Fsp3) is 0.633. The summed E-state index contributed by atoms with van der Waals surface area (Å²) < 4.78 is 86.1. The number of carbonyl (C=O) groups is 6. The first-order chi connectivity index (χ1) is 56.6. The Hall–Kier alpha value is -7.33. The maximum absolute atomic E-state index is 15.0. The van der Waals surface area contributed by atoms with Gasteiger partial charge < -0.3 is 29.8 Å². The lowest BCUT2D eigenvalue weighted by Crippen LogP contribution is -2.58. The van der Waals surface area contributed by atoms with E-state index in [0.29, 0.717) is 112 Å². The van der Waals surface area contributed by atoms with Crippen LogP contribution in [-0.2, 0) is 52.4 Å². The number of amides is 6.